The van der Waals surface area contributed by atoms with Crippen molar-refractivity contribution >= 4 is 17.5 Å². The van der Waals surface area contributed by atoms with Gasteiger partial charge in [-0.1, -0.05) is 30.0 Å². The number of aromatic nitrogens is 3. The average molecular weight is 353 g/mol. The van der Waals surface area contributed by atoms with E-state index < -0.39 is 0 Å². The molecule has 2 aromatic carbocycles. The van der Waals surface area contributed by atoms with Gasteiger partial charge < -0.3 is 4.74 Å². The van der Waals surface area contributed by atoms with Crippen LogP contribution in [0.1, 0.15) is 29.8 Å². The highest BCUT2D eigenvalue weighted by molar-refractivity contribution is 7.98. The maximum atomic E-state index is 11.7. The molecule has 6 heteroatoms. The molecule has 0 aliphatic carbocycles. The minimum absolute atomic E-state index is 0.0433. The van der Waals surface area contributed by atoms with Crippen molar-refractivity contribution in [1.82, 2.24) is 14.8 Å². The Bertz CT molecular complexity index is 862. The molecular formula is C19H19N3O2S. The molecule has 0 unspecified atom stereocenters. The topological polar surface area (TPSA) is 57.0 Å². The first-order valence-corrected chi connectivity index (χ1v) is 9.02. The Labute approximate surface area is 151 Å². The molecule has 3 rings (SSSR count). The quantitative estimate of drug-likeness (QED) is 0.471. The van der Waals surface area contributed by atoms with Crippen LogP contribution in [0.25, 0.3) is 5.69 Å². The Morgan fingerprint density at radius 3 is 2.72 bits per heavy atom. The maximum absolute atomic E-state index is 11.7. The van der Waals surface area contributed by atoms with Crippen LogP contribution in [0.5, 0.6) is 5.75 Å². The molecule has 25 heavy (non-hydrogen) atoms. The number of thioether (sulfide) groups is 1. The summed E-state index contributed by atoms with van der Waals surface area (Å²) in [6, 6.07) is 15.5. The zero-order chi connectivity index (χ0) is 17.6. The van der Waals surface area contributed by atoms with E-state index in [1.54, 1.807) is 31.1 Å². The van der Waals surface area contributed by atoms with Crippen LogP contribution in [0.2, 0.25) is 0 Å². The van der Waals surface area contributed by atoms with Crippen molar-refractivity contribution in [1.29, 1.82) is 0 Å². The lowest BCUT2D eigenvalue weighted by molar-refractivity contribution is 0.101. The van der Waals surface area contributed by atoms with Crippen LogP contribution in [0.3, 0.4) is 0 Å². The molecule has 0 spiro atoms. The smallest absolute Gasteiger partial charge is 0.195 e. The van der Waals surface area contributed by atoms with Gasteiger partial charge in [0.05, 0.1) is 6.61 Å². The van der Waals surface area contributed by atoms with E-state index in [0.717, 1.165) is 22.2 Å². The summed E-state index contributed by atoms with van der Waals surface area (Å²) in [6.45, 7) is 4.10. The van der Waals surface area contributed by atoms with Gasteiger partial charge in [0, 0.05) is 22.6 Å². The predicted molar refractivity (Wildman–Crippen MR) is 98.5 cm³/mol. The van der Waals surface area contributed by atoms with Crippen molar-refractivity contribution in [3.63, 3.8) is 0 Å². The number of carbonyl (C=O) groups excluding carboxylic acids is 1. The molecule has 0 aliphatic heterocycles. The number of para-hydroxylation sites is 1. The van der Waals surface area contributed by atoms with E-state index in [9.17, 15) is 4.79 Å². The molecule has 0 fully saturated rings. The minimum Gasteiger partial charge on any atom is -0.494 e. The summed E-state index contributed by atoms with van der Waals surface area (Å²) in [7, 11) is 0. The van der Waals surface area contributed by atoms with Gasteiger partial charge in [-0.3, -0.25) is 9.36 Å². The Morgan fingerprint density at radius 1 is 1.20 bits per heavy atom. The number of hydrogen-bond donors (Lipinski definition) is 0. The molecule has 0 radical (unpaired) electrons. The highest BCUT2D eigenvalue weighted by atomic mass is 32.2. The monoisotopic (exact) mass is 353 g/mol. The zero-order valence-electron chi connectivity index (χ0n) is 14.2. The first-order valence-electron chi connectivity index (χ1n) is 8.04. The molecule has 0 atom stereocenters. The number of Topliss-reactive ketones (excluding diaryl/α,β-unsaturated/α-hetero) is 1. The summed E-state index contributed by atoms with van der Waals surface area (Å²) < 4.78 is 7.63. The lowest BCUT2D eigenvalue weighted by Crippen LogP contribution is -2.00. The van der Waals surface area contributed by atoms with E-state index in [-0.39, 0.29) is 5.78 Å². The molecule has 1 heterocycles. The van der Waals surface area contributed by atoms with Gasteiger partial charge in [-0.05, 0) is 44.2 Å². The van der Waals surface area contributed by atoms with Crippen LogP contribution in [0.4, 0.5) is 0 Å². The van der Waals surface area contributed by atoms with Gasteiger partial charge in [0.1, 0.15) is 12.1 Å². The van der Waals surface area contributed by atoms with Crippen LogP contribution in [0.15, 0.2) is 60.0 Å². The van der Waals surface area contributed by atoms with Crippen molar-refractivity contribution in [3.05, 3.63) is 66.0 Å². The number of ether oxygens (including phenoxy) is 1. The summed E-state index contributed by atoms with van der Waals surface area (Å²) in [5.41, 5.74) is 2.67. The van der Waals surface area contributed by atoms with Crippen LogP contribution >= 0.6 is 11.8 Å². The lowest BCUT2D eigenvalue weighted by atomic mass is 10.1. The summed E-state index contributed by atoms with van der Waals surface area (Å²) in [4.78, 5) is 11.7. The standard InChI is InChI=1S/C19H19N3O2S/c1-3-24-18-10-9-15(14(2)23)11-16(18)12-25-19-21-20-13-22(19)17-7-5-4-6-8-17/h4-11,13H,3,12H2,1-2H3. The van der Waals surface area contributed by atoms with E-state index in [0.29, 0.717) is 17.9 Å². The molecule has 0 saturated heterocycles. The van der Waals surface area contributed by atoms with Crippen molar-refractivity contribution < 1.29 is 9.53 Å². The maximum Gasteiger partial charge on any atom is 0.195 e. The fourth-order valence-electron chi connectivity index (χ4n) is 2.44. The molecule has 0 saturated carbocycles. The van der Waals surface area contributed by atoms with Gasteiger partial charge in [0.25, 0.3) is 0 Å². The van der Waals surface area contributed by atoms with Gasteiger partial charge in [-0.15, -0.1) is 10.2 Å². The van der Waals surface area contributed by atoms with E-state index in [1.807, 2.05) is 54.0 Å². The van der Waals surface area contributed by atoms with Gasteiger partial charge >= 0.3 is 0 Å². The number of ketones is 1. The number of nitrogens with zero attached hydrogens (tertiary/aromatic N) is 3. The molecule has 0 aliphatic rings. The molecule has 3 aromatic rings. The summed E-state index contributed by atoms with van der Waals surface area (Å²) in [5.74, 6) is 1.48. The Morgan fingerprint density at radius 2 is 2.00 bits per heavy atom. The van der Waals surface area contributed by atoms with Gasteiger partial charge in [-0.2, -0.15) is 0 Å². The molecule has 0 amide bonds. The molecular weight excluding hydrogens is 334 g/mol. The molecule has 5 nitrogen and oxygen atoms in total. The first-order chi connectivity index (χ1) is 12.2. The second-order valence-corrected chi connectivity index (χ2v) is 6.36. The summed E-state index contributed by atoms with van der Waals surface area (Å²) >= 11 is 1.56. The van der Waals surface area contributed by atoms with Crippen molar-refractivity contribution in [2.45, 2.75) is 24.8 Å². The molecule has 128 valence electrons. The van der Waals surface area contributed by atoms with Crippen LogP contribution in [-0.4, -0.2) is 27.2 Å². The SMILES string of the molecule is CCOc1ccc(C(C)=O)cc1CSc1nncn1-c1ccccc1. The fraction of sp³-hybridized carbons (Fsp3) is 0.211. The second kappa shape index (κ2) is 7.98. The van der Waals surface area contributed by atoms with Crippen LogP contribution < -0.4 is 4.74 Å². The highest BCUT2D eigenvalue weighted by Gasteiger charge is 2.12. The van der Waals surface area contributed by atoms with Crippen molar-refractivity contribution in [3.8, 4) is 11.4 Å². The van der Waals surface area contributed by atoms with Gasteiger partial charge in [0.2, 0.25) is 0 Å². The van der Waals surface area contributed by atoms with Crippen LogP contribution in [-0.2, 0) is 5.75 Å². The predicted octanol–water partition coefficient (Wildman–Crippen LogP) is 4.16. The van der Waals surface area contributed by atoms with Crippen molar-refractivity contribution in [2.24, 2.45) is 0 Å². The minimum atomic E-state index is 0.0433. The highest BCUT2D eigenvalue weighted by Crippen LogP contribution is 2.29. The zero-order valence-corrected chi connectivity index (χ0v) is 15.0. The summed E-state index contributed by atoms with van der Waals surface area (Å²) in [5, 5.41) is 9.02. The van der Waals surface area contributed by atoms with Gasteiger partial charge in [-0.25, -0.2) is 0 Å². The van der Waals surface area contributed by atoms with Crippen LogP contribution in [0, 0.1) is 0 Å². The molecule has 0 bridgehead atoms. The third-order valence-electron chi connectivity index (χ3n) is 3.67. The van der Waals surface area contributed by atoms with Gasteiger partial charge in [0.15, 0.2) is 10.9 Å². The number of rotatable bonds is 7. The summed E-state index contributed by atoms with van der Waals surface area (Å²) in [6.07, 6.45) is 1.70. The van der Waals surface area contributed by atoms with Crippen molar-refractivity contribution in [2.75, 3.05) is 6.61 Å². The lowest BCUT2D eigenvalue weighted by Gasteiger charge is -2.11. The average Bonchev–Trinajstić information content (AvgIpc) is 3.10. The number of benzene rings is 2. The Kier molecular flexibility index (Phi) is 5.50. The normalized spacial score (nSPS) is 10.6. The Hall–Kier alpha value is -2.60. The van der Waals surface area contributed by atoms with E-state index in [2.05, 4.69) is 10.2 Å². The van der Waals surface area contributed by atoms with E-state index >= 15 is 0 Å². The number of hydrogen-bond acceptors (Lipinski definition) is 5. The second-order valence-electron chi connectivity index (χ2n) is 5.42. The third kappa shape index (κ3) is 4.09. The molecule has 0 N–H and O–H groups in total. The Balaban J connectivity index is 1.83. The van der Waals surface area contributed by atoms with E-state index in [1.165, 1.54) is 0 Å². The number of carbonyl (C=O) groups is 1. The largest absolute Gasteiger partial charge is 0.494 e. The first kappa shape index (κ1) is 17.2. The fourth-order valence-corrected chi connectivity index (χ4v) is 3.35. The molecule has 1 aromatic heterocycles. The third-order valence-corrected chi connectivity index (χ3v) is 4.67. The van der Waals surface area contributed by atoms with E-state index in [4.69, 9.17) is 4.74 Å².